The lowest BCUT2D eigenvalue weighted by atomic mass is 10.1. The molecule has 2 aromatic rings. The monoisotopic (exact) mass is 244 g/mol. The van der Waals surface area contributed by atoms with Crippen LogP contribution in [0, 0.1) is 0 Å². The van der Waals surface area contributed by atoms with Crippen LogP contribution < -0.4 is 0 Å². The first-order valence-electron chi connectivity index (χ1n) is 4.49. The molecule has 16 heavy (non-hydrogen) atoms. The standard InChI is InChI=1S/C11H7F3OS/c1-6(15)9-5-16-10-4-7(11(12,13)14)2-3-8(9)10/h2-5H,1H3. The summed E-state index contributed by atoms with van der Waals surface area (Å²) in [4.78, 5) is 11.2. The van der Waals surface area contributed by atoms with E-state index in [0.29, 0.717) is 15.6 Å². The molecule has 1 aromatic heterocycles. The summed E-state index contributed by atoms with van der Waals surface area (Å²) in [7, 11) is 0. The van der Waals surface area contributed by atoms with Crippen molar-refractivity contribution in [3.63, 3.8) is 0 Å². The molecule has 84 valence electrons. The molecule has 0 saturated heterocycles. The molecule has 0 aliphatic heterocycles. The number of hydrogen-bond acceptors (Lipinski definition) is 2. The summed E-state index contributed by atoms with van der Waals surface area (Å²) in [5.74, 6) is -0.133. The maximum absolute atomic E-state index is 12.4. The van der Waals surface area contributed by atoms with Crippen LogP contribution in [0.25, 0.3) is 10.1 Å². The third-order valence-corrected chi connectivity index (χ3v) is 3.23. The van der Waals surface area contributed by atoms with Gasteiger partial charge in [-0.15, -0.1) is 11.3 Å². The number of carbonyl (C=O) groups excluding carboxylic acids is 1. The molecule has 0 amide bonds. The highest BCUT2D eigenvalue weighted by Crippen LogP contribution is 2.34. The van der Waals surface area contributed by atoms with E-state index in [-0.39, 0.29) is 5.78 Å². The first-order valence-corrected chi connectivity index (χ1v) is 5.37. The van der Waals surface area contributed by atoms with Crippen molar-refractivity contribution in [1.82, 2.24) is 0 Å². The highest BCUT2D eigenvalue weighted by atomic mass is 32.1. The van der Waals surface area contributed by atoms with Crippen molar-refractivity contribution in [3.8, 4) is 0 Å². The number of fused-ring (bicyclic) bond motifs is 1. The van der Waals surface area contributed by atoms with Gasteiger partial charge in [0.15, 0.2) is 5.78 Å². The van der Waals surface area contributed by atoms with Crippen LogP contribution in [0.2, 0.25) is 0 Å². The largest absolute Gasteiger partial charge is 0.416 e. The zero-order valence-electron chi connectivity index (χ0n) is 8.26. The molecule has 0 spiro atoms. The van der Waals surface area contributed by atoms with Gasteiger partial charge in [-0.05, 0) is 19.1 Å². The van der Waals surface area contributed by atoms with E-state index >= 15 is 0 Å². The first-order chi connectivity index (χ1) is 7.39. The molecule has 0 aliphatic carbocycles. The zero-order valence-corrected chi connectivity index (χ0v) is 9.08. The Morgan fingerprint density at radius 3 is 2.56 bits per heavy atom. The minimum Gasteiger partial charge on any atom is -0.294 e. The predicted molar refractivity (Wildman–Crippen MR) is 56.8 cm³/mol. The maximum Gasteiger partial charge on any atom is 0.416 e. The number of hydrogen-bond donors (Lipinski definition) is 0. The zero-order chi connectivity index (χ0) is 11.9. The molecule has 0 unspecified atom stereocenters. The van der Waals surface area contributed by atoms with Gasteiger partial charge in [0.25, 0.3) is 0 Å². The van der Waals surface area contributed by atoms with Crippen LogP contribution in [-0.2, 0) is 6.18 Å². The Morgan fingerprint density at radius 2 is 2.00 bits per heavy atom. The topological polar surface area (TPSA) is 17.1 Å². The summed E-state index contributed by atoms with van der Waals surface area (Å²) < 4.78 is 37.7. The highest BCUT2D eigenvalue weighted by molar-refractivity contribution is 7.17. The van der Waals surface area contributed by atoms with Crippen LogP contribution in [0.4, 0.5) is 13.2 Å². The van der Waals surface area contributed by atoms with Crippen LogP contribution in [0.15, 0.2) is 23.6 Å². The average molecular weight is 244 g/mol. The van der Waals surface area contributed by atoms with Crippen molar-refractivity contribution >= 4 is 27.2 Å². The Kier molecular flexibility index (Phi) is 2.50. The molecule has 5 heteroatoms. The van der Waals surface area contributed by atoms with Gasteiger partial charge in [0.05, 0.1) is 5.56 Å². The average Bonchev–Trinajstić information content (AvgIpc) is 2.58. The van der Waals surface area contributed by atoms with E-state index in [2.05, 4.69) is 0 Å². The van der Waals surface area contributed by atoms with E-state index in [1.807, 2.05) is 0 Å². The van der Waals surface area contributed by atoms with Crippen molar-refractivity contribution in [3.05, 3.63) is 34.7 Å². The fraction of sp³-hybridized carbons (Fsp3) is 0.182. The van der Waals surface area contributed by atoms with Crippen molar-refractivity contribution < 1.29 is 18.0 Å². The Labute approximate surface area is 93.5 Å². The van der Waals surface area contributed by atoms with Crippen LogP contribution in [0.5, 0.6) is 0 Å². The summed E-state index contributed by atoms with van der Waals surface area (Å²) in [6.07, 6.45) is -4.34. The number of thiophene rings is 1. The molecule has 1 nitrogen and oxygen atoms in total. The van der Waals surface area contributed by atoms with Crippen molar-refractivity contribution in [2.45, 2.75) is 13.1 Å². The van der Waals surface area contributed by atoms with Crippen LogP contribution in [0.3, 0.4) is 0 Å². The molecule has 0 aliphatic rings. The molecular formula is C11H7F3OS. The predicted octanol–water partition coefficient (Wildman–Crippen LogP) is 4.12. The number of rotatable bonds is 1. The lowest BCUT2D eigenvalue weighted by molar-refractivity contribution is -0.137. The summed E-state index contributed by atoms with van der Waals surface area (Å²) in [6, 6.07) is 3.43. The van der Waals surface area contributed by atoms with Gasteiger partial charge in [0.2, 0.25) is 0 Å². The molecule has 0 bridgehead atoms. The number of carbonyl (C=O) groups is 1. The molecule has 0 radical (unpaired) electrons. The van der Waals surface area contributed by atoms with Gasteiger partial charge < -0.3 is 0 Å². The molecular weight excluding hydrogens is 237 g/mol. The second-order valence-corrected chi connectivity index (χ2v) is 4.33. The van der Waals surface area contributed by atoms with E-state index in [0.717, 1.165) is 23.5 Å². The summed E-state index contributed by atoms with van der Waals surface area (Å²) in [5.41, 5.74) is -0.203. The lowest BCUT2D eigenvalue weighted by Crippen LogP contribution is -2.04. The van der Waals surface area contributed by atoms with Gasteiger partial charge in [-0.2, -0.15) is 13.2 Å². The minimum absolute atomic E-state index is 0.133. The molecule has 0 saturated carbocycles. The number of benzene rings is 1. The molecule has 0 atom stereocenters. The maximum atomic E-state index is 12.4. The molecule has 0 fully saturated rings. The fourth-order valence-corrected chi connectivity index (χ4v) is 2.51. The number of alkyl halides is 3. The van der Waals surface area contributed by atoms with E-state index in [9.17, 15) is 18.0 Å². The van der Waals surface area contributed by atoms with Gasteiger partial charge in [0.1, 0.15) is 0 Å². The van der Waals surface area contributed by atoms with E-state index < -0.39 is 11.7 Å². The molecule has 1 aromatic carbocycles. The molecule has 0 N–H and O–H groups in total. The SMILES string of the molecule is CC(=O)c1csc2cc(C(F)(F)F)ccc12. The van der Waals surface area contributed by atoms with Gasteiger partial charge in [0, 0.05) is 21.0 Å². The number of ketones is 1. The van der Waals surface area contributed by atoms with E-state index in [4.69, 9.17) is 0 Å². The Morgan fingerprint density at radius 1 is 1.31 bits per heavy atom. The molecule has 2 rings (SSSR count). The number of Topliss-reactive ketones (excluding diaryl/α,β-unsaturated/α-hetero) is 1. The van der Waals surface area contributed by atoms with Crippen molar-refractivity contribution in [2.75, 3.05) is 0 Å². The highest BCUT2D eigenvalue weighted by Gasteiger charge is 2.30. The Balaban J connectivity index is 2.62. The van der Waals surface area contributed by atoms with Gasteiger partial charge in [-0.1, -0.05) is 6.07 Å². The van der Waals surface area contributed by atoms with Crippen molar-refractivity contribution in [1.29, 1.82) is 0 Å². The Hall–Kier alpha value is -1.36. The van der Waals surface area contributed by atoms with Crippen LogP contribution in [-0.4, -0.2) is 5.78 Å². The quantitative estimate of drug-likeness (QED) is 0.689. The van der Waals surface area contributed by atoms with Crippen LogP contribution in [0.1, 0.15) is 22.8 Å². The van der Waals surface area contributed by atoms with E-state index in [1.165, 1.54) is 13.0 Å². The second kappa shape index (κ2) is 3.59. The first kappa shape index (κ1) is 11.1. The Bertz CT molecular complexity index is 554. The van der Waals surface area contributed by atoms with Crippen LogP contribution >= 0.6 is 11.3 Å². The van der Waals surface area contributed by atoms with E-state index in [1.54, 1.807) is 5.38 Å². The van der Waals surface area contributed by atoms with Crippen molar-refractivity contribution in [2.24, 2.45) is 0 Å². The smallest absolute Gasteiger partial charge is 0.294 e. The summed E-state index contributed by atoms with van der Waals surface area (Å²) in [5, 5.41) is 2.18. The second-order valence-electron chi connectivity index (χ2n) is 3.41. The third-order valence-electron chi connectivity index (χ3n) is 2.28. The summed E-state index contributed by atoms with van der Waals surface area (Å²) >= 11 is 1.15. The number of halogens is 3. The minimum atomic E-state index is -4.34. The van der Waals surface area contributed by atoms with Gasteiger partial charge >= 0.3 is 6.18 Å². The van der Waals surface area contributed by atoms with Gasteiger partial charge in [-0.25, -0.2) is 0 Å². The third kappa shape index (κ3) is 1.82. The fourth-order valence-electron chi connectivity index (χ4n) is 1.48. The lowest BCUT2D eigenvalue weighted by Gasteiger charge is -2.05. The van der Waals surface area contributed by atoms with Gasteiger partial charge in [-0.3, -0.25) is 4.79 Å². The molecule has 1 heterocycles. The summed E-state index contributed by atoms with van der Waals surface area (Å²) in [6.45, 7) is 1.40. The normalized spacial score (nSPS) is 12.0.